The van der Waals surface area contributed by atoms with Crippen molar-refractivity contribution in [3.05, 3.63) is 46.2 Å². The van der Waals surface area contributed by atoms with Gasteiger partial charge in [0, 0.05) is 10.8 Å². The third-order valence-corrected chi connectivity index (χ3v) is 3.70. The molecule has 5 nitrogen and oxygen atoms in total. The van der Waals surface area contributed by atoms with E-state index in [9.17, 15) is 14.7 Å². The molecule has 0 unspecified atom stereocenters. The Morgan fingerprint density at radius 3 is 2.85 bits per heavy atom. The van der Waals surface area contributed by atoms with Crippen LogP contribution in [0.2, 0.25) is 0 Å². The van der Waals surface area contributed by atoms with Crippen LogP contribution in [0.4, 0.5) is 0 Å². The second kappa shape index (κ2) is 4.59. The first-order valence-electron chi connectivity index (χ1n) is 6.34. The molecule has 0 spiro atoms. The lowest BCUT2D eigenvalue weighted by Crippen LogP contribution is -2.30. The summed E-state index contributed by atoms with van der Waals surface area (Å²) in [4.78, 5) is 28.1. The Bertz CT molecular complexity index is 760. The smallest absolute Gasteiger partial charge is 0.373 e. The molecule has 5 heteroatoms. The van der Waals surface area contributed by atoms with Gasteiger partial charge < -0.3 is 9.84 Å². The van der Waals surface area contributed by atoms with Gasteiger partial charge in [0.05, 0.1) is 12.5 Å². The SMILES string of the molecule is COC(=O)C(O)=C1CCC2=c3ccccc3=N[C@@H]2C1=O. The number of carbonyl (C=O) groups is 2. The minimum absolute atomic E-state index is 0.113. The number of carbonyl (C=O) groups excluding carboxylic acids is 2. The fourth-order valence-corrected chi connectivity index (χ4v) is 2.71. The number of ketones is 1. The molecular weight excluding hydrogens is 258 g/mol. The summed E-state index contributed by atoms with van der Waals surface area (Å²) >= 11 is 0. The second-order valence-corrected chi connectivity index (χ2v) is 4.76. The molecule has 20 heavy (non-hydrogen) atoms. The summed E-state index contributed by atoms with van der Waals surface area (Å²) in [5, 5.41) is 11.6. The number of aliphatic hydroxyl groups is 1. The van der Waals surface area contributed by atoms with Crippen LogP contribution >= 0.6 is 0 Å². The number of benzene rings is 1. The highest BCUT2D eigenvalue weighted by Gasteiger charge is 2.36. The van der Waals surface area contributed by atoms with Crippen molar-refractivity contribution in [3.63, 3.8) is 0 Å². The van der Waals surface area contributed by atoms with Gasteiger partial charge in [-0.25, -0.2) is 4.79 Å². The number of fused-ring (bicyclic) bond motifs is 2. The Labute approximate surface area is 114 Å². The number of para-hydroxylation sites is 1. The number of Topliss-reactive ketones (excluding diaryl/α,β-unsaturated/α-hetero) is 1. The van der Waals surface area contributed by atoms with Gasteiger partial charge in [0.1, 0.15) is 6.04 Å². The number of ether oxygens (including phenoxy) is 1. The van der Waals surface area contributed by atoms with E-state index in [0.717, 1.165) is 16.1 Å². The Hall–Kier alpha value is -2.43. The molecule has 1 saturated carbocycles. The Kier molecular flexibility index (Phi) is 2.89. The van der Waals surface area contributed by atoms with E-state index in [2.05, 4.69) is 9.73 Å². The van der Waals surface area contributed by atoms with Gasteiger partial charge in [0.15, 0.2) is 5.78 Å². The maximum Gasteiger partial charge on any atom is 0.373 e. The molecule has 1 N–H and O–H groups in total. The number of hydrogen-bond acceptors (Lipinski definition) is 5. The minimum Gasteiger partial charge on any atom is -0.502 e. The number of hydrogen-bond donors (Lipinski definition) is 1. The zero-order chi connectivity index (χ0) is 14.3. The Balaban J connectivity index is 2.08. The average Bonchev–Trinajstić information content (AvgIpc) is 2.86. The van der Waals surface area contributed by atoms with Gasteiger partial charge in [0.25, 0.3) is 0 Å². The van der Waals surface area contributed by atoms with Gasteiger partial charge >= 0.3 is 5.97 Å². The molecule has 0 amide bonds. The monoisotopic (exact) mass is 271 g/mol. The molecule has 0 bridgehead atoms. The Morgan fingerprint density at radius 2 is 2.10 bits per heavy atom. The summed E-state index contributed by atoms with van der Waals surface area (Å²) < 4.78 is 4.45. The van der Waals surface area contributed by atoms with Gasteiger partial charge in [-0.05, 0) is 24.5 Å². The highest BCUT2D eigenvalue weighted by atomic mass is 16.5. The van der Waals surface area contributed by atoms with Crippen LogP contribution in [0.5, 0.6) is 0 Å². The molecule has 1 aliphatic carbocycles. The summed E-state index contributed by atoms with van der Waals surface area (Å²) in [6.07, 6.45) is 0.933. The third-order valence-electron chi connectivity index (χ3n) is 3.70. The van der Waals surface area contributed by atoms with Crippen molar-refractivity contribution >= 4 is 17.3 Å². The normalized spacial score (nSPS) is 22.8. The summed E-state index contributed by atoms with van der Waals surface area (Å²) in [6, 6.07) is 6.97. The van der Waals surface area contributed by atoms with Crippen molar-refractivity contribution in [2.24, 2.45) is 4.99 Å². The van der Waals surface area contributed by atoms with E-state index in [1.54, 1.807) is 0 Å². The number of esters is 1. The fraction of sp³-hybridized carbons (Fsp3) is 0.267. The van der Waals surface area contributed by atoms with E-state index >= 15 is 0 Å². The van der Waals surface area contributed by atoms with Crippen LogP contribution in [0.25, 0.3) is 5.57 Å². The molecule has 2 aliphatic rings. The van der Waals surface area contributed by atoms with E-state index in [0.29, 0.717) is 12.8 Å². The molecule has 1 aromatic carbocycles. The van der Waals surface area contributed by atoms with Gasteiger partial charge in [-0.3, -0.25) is 9.79 Å². The lowest BCUT2D eigenvalue weighted by molar-refractivity contribution is -0.139. The molecule has 3 rings (SSSR count). The van der Waals surface area contributed by atoms with Crippen LogP contribution < -0.4 is 10.6 Å². The van der Waals surface area contributed by atoms with Crippen LogP contribution in [0.3, 0.4) is 0 Å². The van der Waals surface area contributed by atoms with E-state index in [4.69, 9.17) is 0 Å². The maximum atomic E-state index is 12.4. The van der Waals surface area contributed by atoms with Crippen LogP contribution in [0.15, 0.2) is 40.6 Å². The van der Waals surface area contributed by atoms with Crippen molar-refractivity contribution < 1.29 is 19.4 Å². The van der Waals surface area contributed by atoms with Crippen molar-refractivity contribution in [3.8, 4) is 0 Å². The van der Waals surface area contributed by atoms with Crippen LogP contribution in [-0.4, -0.2) is 30.0 Å². The quantitative estimate of drug-likeness (QED) is 0.449. The van der Waals surface area contributed by atoms with Crippen molar-refractivity contribution in [1.82, 2.24) is 0 Å². The number of rotatable bonds is 1. The summed E-state index contributed by atoms with van der Waals surface area (Å²) in [5.74, 6) is -1.79. The summed E-state index contributed by atoms with van der Waals surface area (Å²) in [7, 11) is 1.17. The molecule has 0 radical (unpaired) electrons. The van der Waals surface area contributed by atoms with Crippen molar-refractivity contribution in [1.29, 1.82) is 0 Å². The topological polar surface area (TPSA) is 76.0 Å². The third kappa shape index (κ3) is 1.74. The van der Waals surface area contributed by atoms with Crippen LogP contribution in [-0.2, 0) is 14.3 Å². The zero-order valence-electron chi connectivity index (χ0n) is 10.9. The first-order chi connectivity index (χ1) is 9.63. The van der Waals surface area contributed by atoms with E-state index < -0.39 is 17.8 Å². The minimum atomic E-state index is -0.882. The molecule has 1 heterocycles. The predicted octanol–water partition coefficient (Wildman–Crippen LogP) is 0.187. The maximum absolute atomic E-state index is 12.4. The average molecular weight is 271 g/mol. The lowest BCUT2D eigenvalue weighted by atomic mass is 9.84. The fourth-order valence-electron chi connectivity index (χ4n) is 2.71. The highest BCUT2D eigenvalue weighted by Crippen LogP contribution is 2.30. The number of methoxy groups -OCH3 is 1. The first kappa shape index (κ1) is 12.6. The van der Waals surface area contributed by atoms with Gasteiger partial charge in [-0.1, -0.05) is 18.2 Å². The molecule has 0 aromatic heterocycles. The molecule has 102 valence electrons. The molecule has 1 aromatic rings. The largest absolute Gasteiger partial charge is 0.502 e. The van der Waals surface area contributed by atoms with Crippen molar-refractivity contribution in [2.45, 2.75) is 18.9 Å². The van der Waals surface area contributed by atoms with Gasteiger partial charge in [-0.15, -0.1) is 0 Å². The lowest BCUT2D eigenvalue weighted by Gasteiger charge is -2.21. The van der Waals surface area contributed by atoms with E-state index in [-0.39, 0.29) is 11.4 Å². The number of nitrogens with zero attached hydrogens (tertiary/aromatic N) is 1. The molecule has 1 aliphatic heterocycles. The summed E-state index contributed by atoms with van der Waals surface area (Å²) in [6.45, 7) is 0. The molecule has 1 atom stereocenters. The molecule has 0 saturated heterocycles. The van der Waals surface area contributed by atoms with Crippen molar-refractivity contribution in [2.75, 3.05) is 7.11 Å². The molecule has 1 fully saturated rings. The number of aliphatic hydroxyl groups excluding tert-OH is 1. The standard InChI is InChI=1S/C15H13NO4/c1-20-15(19)14(18)10-7-6-9-8-4-2-3-5-11(8)16-12(9)13(10)17/h2-5,12,18H,6-7H2,1H3/t12-/m0/s1. The molecular formula is C15H13NO4. The van der Waals surface area contributed by atoms with Gasteiger partial charge in [-0.2, -0.15) is 0 Å². The van der Waals surface area contributed by atoms with Crippen LogP contribution in [0.1, 0.15) is 12.8 Å². The first-order valence-corrected chi connectivity index (χ1v) is 6.34. The summed E-state index contributed by atoms with van der Waals surface area (Å²) in [5.41, 5.74) is 1.08. The van der Waals surface area contributed by atoms with Gasteiger partial charge in [0.2, 0.25) is 5.76 Å². The predicted molar refractivity (Wildman–Crippen MR) is 70.3 cm³/mol. The van der Waals surface area contributed by atoms with Crippen LogP contribution in [0, 0.1) is 0 Å². The second-order valence-electron chi connectivity index (χ2n) is 4.76. The zero-order valence-corrected chi connectivity index (χ0v) is 10.9. The Morgan fingerprint density at radius 1 is 1.35 bits per heavy atom. The van der Waals surface area contributed by atoms with E-state index in [1.807, 2.05) is 24.3 Å². The van der Waals surface area contributed by atoms with E-state index in [1.165, 1.54) is 7.11 Å². The highest BCUT2D eigenvalue weighted by molar-refractivity contribution is 6.11.